The van der Waals surface area contributed by atoms with Crippen LogP contribution in [0.15, 0.2) is 48.8 Å². The number of benzene rings is 2. The van der Waals surface area contributed by atoms with E-state index in [2.05, 4.69) is 20.3 Å². The van der Waals surface area contributed by atoms with Crippen LogP contribution in [0.3, 0.4) is 0 Å². The fourth-order valence-corrected chi connectivity index (χ4v) is 5.43. The minimum Gasteiger partial charge on any atom is -0.367 e. The number of fused-ring (bicyclic) bond motifs is 1. The van der Waals surface area contributed by atoms with Gasteiger partial charge in [-0.15, -0.1) is 0 Å². The lowest BCUT2D eigenvalue weighted by atomic mass is 10.0. The number of hydrogen-bond donors (Lipinski definition) is 1. The van der Waals surface area contributed by atoms with Gasteiger partial charge in [0.2, 0.25) is 0 Å². The quantitative estimate of drug-likeness (QED) is 0.364. The lowest BCUT2D eigenvalue weighted by Crippen LogP contribution is -2.44. The van der Waals surface area contributed by atoms with Crippen LogP contribution in [0.5, 0.6) is 0 Å². The van der Waals surface area contributed by atoms with Gasteiger partial charge < -0.3 is 20.0 Å². The van der Waals surface area contributed by atoms with E-state index in [1.54, 1.807) is 17.2 Å². The molecule has 4 heterocycles. The van der Waals surface area contributed by atoms with Crippen molar-refractivity contribution in [2.75, 3.05) is 54.9 Å². The number of likely N-dealkylation sites (N-methyl/N-ethyl adjacent to an activating group) is 1. The van der Waals surface area contributed by atoms with Crippen molar-refractivity contribution >= 4 is 28.7 Å². The fourth-order valence-electron chi connectivity index (χ4n) is 5.43. The van der Waals surface area contributed by atoms with Crippen LogP contribution in [0.2, 0.25) is 0 Å². The van der Waals surface area contributed by atoms with E-state index in [9.17, 15) is 18.0 Å². The number of carbonyl (C=O) groups excluding carboxylic acids is 1. The first-order valence-electron chi connectivity index (χ1n) is 13.1. The first kappa shape index (κ1) is 26.1. The molecule has 1 N–H and O–H groups in total. The Kier molecular flexibility index (Phi) is 6.78. The molecule has 0 aliphatic carbocycles. The molecule has 1 atom stereocenters. The average Bonchev–Trinajstić information content (AvgIpc) is 3.59. The minimum absolute atomic E-state index is 0.124. The zero-order chi connectivity index (χ0) is 28.0. The summed E-state index contributed by atoms with van der Waals surface area (Å²) in [5.41, 5.74) is 0.402. The molecule has 2 aromatic heterocycles. The number of nitrogens with zero attached hydrogens (tertiary/aromatic N) is 6. The van der Waals surface area contributed by atoms with Crippen molar-refractivity contribution in [3.05, 3.63) is 83.2 Å². The van der Waals surface area contributed by atoms with Gasteiger partial charge in [-0.25, -0.2) is 27.1 Å². The molecule has 1 unspecified atom stereocenters. The zero-order valence-corrected chi connectivity index (χ0v) is 21.7. The molecular weight excluding hydrogens is 526 g/mol. The summed E-state index contributed by atoms with van der Waals surface area (Å²) in [5, 5.41) is 6.78. The monoisotopic (exact) mass is 553 g/mol. The van der Waals surface area contributed by atoms with Crippen LogP contribution in [0.25, 0.3) is 5.65 Å². The van der Waals surface area contributed by atoms with Crippen molar-refractivity contribution in [2.24, 2.45) is 0 Å². The highest BCUT2D eigenvalue weighted by molar-refractivity contribution is 6.06. The molecule has 2 saturated heterocycles. The molecule has 40 heavy (non-hydrogen) atoms. The number of carbonyl (C=O) groups is 1. The second-order valence-electron chi connectivity index (χ2n) is 10.2. The van der Waals surface area contributed by atoms with E-state index in [1.165, 1.54) is 16.8 Å². The Morgan fingerprint density at radius 1 is 0.950 bits per heavy atom. The molecule has 12 heteroatoms. The molecule has 1 amide bonds. The zero-order valence-electron chi connectivity index (χ0n) is 21.7. The van der Waals surface area contributed by atoms with E-state index in [0.29, 0.717) is 31.9 Å². The predicted molar refractivity (Wildman–Crippen MR) is 143 cm³/mol. The van der Waals surface area contributed by atoms with Crippen LogP contribution in [0.1, 0.15) is 34.8 Å². The summed E-state index contributed by atoms with van der Waals surface area (Å²) in [7, 11) is 1.97. The number of nitrogens with one attached hydrogen (secondary N) is 1. The maximum Gasteiger partial charge on any atom is 0.258 e. The van der Waals surface area contributed by atoms with E-state index < -0.39 is 40.8 Å². The third-order valence-electron chi connectivity index (χ3n) is 7.59. The molecule has 208 valence electrons. The third kappa shape index (κ3) is 4.83. The van der Waals surface area contributed by atoms with E-state index in [1.807, 2.05) is 11.9 Å². The number of aromatic nitrogens is 3. The lowest BCUT2D eigenvalue weighted by Gasteiger charge is -2.34. The summed E-state index contributed by atoms with van der Waals surface area (Å²) in [6, 6.07) is 6.65. The largest absolute Gasteiger partial charge is 0.367 e. The van der Waals surface area contributed by atoms with E-state index >= 15 is 4.39 Å². The molecule has 0 saturated carbocycles. The Balaban J connectivity index is 1.25. The number of anilines is 3. The van der Waals surface area contributed by atoms with Crippen molar-refractivity contribution in [3.63, 3.8) is 0 Å². The van der Waals surface area contributed by atoms with Gasteiger partial charge in [0.1, 0.15) is 34.8 Å². The highest BCUT2D eigenvalue weighted by atomic mass is 19.1. The number of rotatable bonds is 5. The second kappa shape index (κ2) is 10.4. The Morgan fingerprint density at radius 2 is 1.75 bits per heavy atom. The first-order chi connectivity index (χ1) is 19.3. The van der Waals surface area contributed by atoms with Crippen molar-refractivity contribution in [2.45, 2.75) is 18.9 Å². The van der Waals surface area contributed by atoms with Gasteiger partial charge in [0.05, 0.1) is 23.5 Å². The van der Waals surface area contributed by atoms with Crippen LogP contribution >= 0.6 is 0 Å². The van der Waals surface area contributed by atoms with E-state index in [0.717, 1.165) is 43.8 Å². The summed E-state index contributed by atoms with van der Waals surface area (Å²) in [6.07, 6.45) is 4.37. The summed E-state index contributed by atoms with van der Waals surface area (Å²) >= 11 is 0. The number of amides is 1. The molecule has 0 radical (unpaired) electrons. The normalized spacial score (nSPS) is 18.1. The van der Waals surface area contributed by atoms with Crippen molar-refractivity contribution in [1.82, 2.24) is 19.5 Å². The van der Waals surface area contributed by atoms with Crippen LogP contribution in [0.4, 0.5) is 34.8 Å². The van der Waals surface area contributed by atoms with Crippen LogP contribution in [-0.2, 0) is 0 Å². The molecule has 0 bridgehead atoms. The van der Waals surface area contributed by atoms with Gasteiger partial charge >= 0.3 is 0 Å². The molecule has 2 aromatic carbocycles. The third-order valence-corrected chi connectivity index (χ3v) is 7.59. The maximum absolute atomic E-state index is 15.0. The van der Waals surface area contributed by atoms with Gasteiger partial charge in [0.15, 0.2) is 5.65 Å². The number of halogens is 4. The molecule has 0 spiro atoms. The van der Waals surface area contributed by atoms with Gasteiger partial charge in [-0.1, -0.05) is 0 Å². The average molecular weight is 554 g/mol. The van der Waals surface area contributed by atoms with Gasteiger partial charge in [0.25, 0.3) is 5.91 Å². The maximum atomic E-state index is 15.0. The lowest BCUT2D eigenvalue weighted by molar-refractivity contribution is 0.102. The van der Waals surface area contributed by atoms with Gasteiger partial charge in [-0.2, -0.15) is 5.10 Å². The Hall–Kier alpha value is -4.19. The molecular formula is C28H27F4N7O. The molecule has 8 nitrogen and oxygen atoms in total. The summed E-state index contributed by atoms with van der Waals surface area (Å²) in [4.78, 5) is 23.4. The topological polar surface area (TPSA) is 69.0 Å². The first-order valence-corrected chi connectivity index (χ1v) is 13.1. The molecule has 2 fully saturated rings. The summed E-state index contributed by atoms with van der Waals surface area (Å²) in [5.74, 6) is -2.89. The highest BCUT2D eigenvalue weighted by Gasteiger charge is 2.30. The predicted octanol–water partition coefficient (Wildman–Crippen LogP) is 4.63. The van der Waals surface area contributed by atoms with E-state index in [-0.39, 0.29) is 22.6 Å². The highest BCUT2D eigenvalue weighted by Crippen LogP contribution is 2.37. The van der Waals surface area contributed by atoms with Gasteiger partial charge in [-0.05, 0) is 50.2 Å². The van der Waals surface area contributed by atoms with Crippen molar-refractivity contribution in [1.29, 1.82) is 0 Å². The second-order valence-corrected chi connectivity index (χ2v) is 10.2. The molecule has 4 aromatic rings. The summed E-state index contributed by atoms with van der Waals surface area (Å²) < 4.78 is 59.9. The van der Waals surface area contributed by atoms with Crippen LogP contribution in [-0.4, -0.2) is 65.2 Å². The minimum atomic E-state index is -0.843. The molecule has 6 rings (SSSR count). The Bertz CT molecular complexity index is 1580. The number of hydrogen-bond acceptors (Lipinski definition) is 6. The Labute approximate surface area is 227 Å². The smallest absolute Gasteiger partial charge is 0.258 e. The SMILES string of the molecule is CN1CCN(c2cc(F)c(C(=O)Nc3cnn4ccc(N5CCCC5c5cc(F)ccc5F)nc34)cc2F)CC1. The Morgan fingerprint density at radius 3 is 2.55 bits per heavy atom. The van der Waals surface area contributed by atoms with Crippen molar-refractivity contribution in [3.8, 4) is 0 Å². The standard InChI is InChI=1S/C28H27F4N7O/c1-36-9-11-37(12-10-36)25-15-21(31)19(14-22(25)32)28(40)34-23-16-33-39-8-6-26(35-27(23)39)38-7-2-3-24(38)18-13-17(29)4-5-20(18)30/h4-6,8,13-16,24H,2-3,7,9-12H2,1H3,(H,34,40). The van der Waals surface area contributed by atoms with Gasteiger partial charge in [-0.3, -0.25) is 4.79 Å². The summed E-state index contributed by atoms with van der Waals surface area (Å²) in [6.45, 7) is 3.13. The van der Waals surface area contributed by atoms with Crippen LogP contribution < -0.4 is 15.1 Å². The molecule has 2 aliphatic heterocycles. The van der Waals surface area contributed by atoms with Gasteiger partial charge in [0, 0.05) is 50.6 Å². The molecule has 2 aliphatic rings. The van der Waals surface area contributed by atoms with Crippen molar-refractivity contribution < 1.29 is 22.4 Å². The van der Waals surface area contributed by atoms with E-state index in [4.69, 9.17) is 0 Å². The van der Waals surface area contributed by atoms with Crippen LogP contribution in [0, 0.1) is 23.3 Å². The fraction of sp³-hybridized carbons (Fsp3) is 0.321. The number of piperazine rings is 1.